The van der Waals surface area contributed by atoms with Crippen LogP contribution in [0.5, 0.6) is 0 Å². The van der Waals surface area contributed by atoms with Crippen molar-refractivity contribution in [3.63, 3.8) is 0 Å². The molecule has 0 radical (unpaired) electrons. The number of halogens is 3. The lowest BCUT2D eigenvalue weighted by atomic mass is 10.1. The number of fused-ring (bicyclic) bond motifs is 1. The van der Waals surface area contributed by atoms with Gasteiger partial charge in [-0.2, -0.15) is 0 Å². The van der Waals surface area contributed by atoms with Gasteiger partial charge in [0.25, 0.3) is 0 Å². The molecule has 0 saturated heterocycles. The fourth-order valence-corrected chi connectivity index (χ4v) is 2.29. The minimum Gasteiger partial charge on any atom is -0.462 e. The Bertz CT molecular complexity index is 858. The van der Waals surface area contributed by atoms with E-state index in [2.05, 4.69) is 5.32 Å². The molecule has 0 aliphatic heterocycles. The molecule has 0 saturated carbocycles. The minimum atomic E-state index is -1.18. The summed E-state index contributed by atoms with van der Waals surface area (Å²) in [6.07, 6.45) is 1.88. The number of benzene rings is 2. The van der Waals surface area contributed by atoms with Gasteiger partial charge >= 0.3 is 0 Å². The zero-order valence-corrected chi connectivity index (χ0v) is 11.7. The van der Waals surface area contributed by atoms with E-state index in [1.165, 1.54) is 24.5 Å². The number of nitrogens with two attached hydrogens (primary N) is 1. The van der Waals surface area contributed by atoms with Crippen molar-refractivity contribution in [3.05, 3.63) is 53.5 Å². The summed E-state index contributed by atoms with van der Waals surface area (Å²) >= 11 is 0. The standard InChI is InChI=1S/C16H13F3N2O/c1-2-8-3-4-11(10(17)7-8)21-15-13(19)12(18)9-5-6-22-16(9)14(15)20/h3-7,21H,2,20H2,1H3. The van der Waals surface area contributed by atoms with Crippen molar-refractivity contribution >= 4 is 28.0 Å². The monoisotopic (exact) mass is 306 g/mol. The average Bonchev–Trinajstić information content (AvgIpc) is 3.00. The molecule has 1 aromatic heterocycles. The fraction of sp³-hybridized carbons (Fsp3) is 0.125. The highest BCUT2D eigenvalue weighted by molar-refractivity contribution is 5.96. The molecule has 0 aliphatic rings. The molecule has 3 N–H and O–H groups in total. The molecule has 0 unspecified atom stereocenters. The molecule has 114 valence electrons. The van der Waals surface area contributed by atoms with Crippen LogP contribution in [0.4, 0.5) is 30.2 Å². The number of furan rings is 1. The second-order valence-electron chi connectivity index (χ2n) is 4.87. The Balaban J connectivity index is 2.11. The van der Waals surface area contributed by atoms with Crippen LogP contribution in [0.1, 0.15) is 12.5 Å². The molecule has 3 rings (SSSR count). The normalized spacial score (nSPS) is 11.1. The van der Waals surface area contributed by atoms with Gasteiger partial charge in [0.15, 0.2) is 17.2 Å². The predicted octanol–water partition coefficient (Wildman–Crippen LogP) is 4.74. The number of hydrogen-bond donors (Lipinski definition) is 2. The van der Waals surface area contributed by atoms with Gasteiger partial charge in [0.1, 0.15) is 17.2 Å². The van der Waals surface area contributed by atoms with Crippen molar-refractivity contribution in [2.24, 2.45) is 0 Å². The summed E-state index contributed by atoms with van der Waals surface area (Å²) in [5.41, 5.74) is 6.17. The molecule has 3 aromatic rings. The fourth-order valence-electron chi connectivity index (χ4n) is 2.29. The minimum absolute atomic E-state index is 0.00751. The Kier molecular flexibility index (Phi) is 3.44. The Morgan fingerprint density at radius 3 is 2.59 bits per heavy atom. The largest absolute Gasteiger partial charge is 0.462 e. The third-order valence-electron chi connectivity index (χ3n) is 3.53. The lowest BCUT2D eigenvalue weighted by Crippen LogP contribution is -2.04. The number of rotatable bonds is 3. The summed E-state index contributed by atoms with van der Waals surface area (Å²) in [5, 5.41) is 2.45. The van der Waals surface area contributed by atoms with Gasteiger partial charge in [-0.15, -0.1) is 0 Å². The van der Waals surface area contributed by atoms with E-state index in [0.29, 0.717) is 6.42 Å². The van der Waals surface area contributed by atoms with E-state index in [1.807, 2.05) is 6.92 Å². The zero-order valence-electron chi connectivity index (χ0n) is 11.7. The van der Waals surface area contributed by atoms with Gasteiger partial charge < -0.3 is 15.5 Å². The molecule has 22 heavy (non-hydrogen) atoms. The highest BCUT2D eigenvalue weighted by Gasteiger charge is 2.21. The Labute approximate surface area is 124 Å². The third-order valence-corrected chi connectivity index (χ3v) is 3.53. The van der Waals surface area contributed by atoms with Gasteiger partial charge in [-0.25, -0.2) is 13.2 Å². The SMILES string of the molecule is CCc1ccc(Nc2c(F)c(F)c3ccoc3c2N)c(F)c1. The van der Waals surface area contributed by atoms with E-state index in [0.717, 1.165) is 5.56 Å². The first kappa shape index (κ1) is 14.3. The molecule has 0 spiro atoms. The van der Waals surface area contributed by atoms with E-state index >= 15 is 0 Å². The average molecular weight is 306 g/mol. The lowest BCUT2D eigenvalue weighted by Gasteiger charge is -2.13. The molecule has 0 aliphatic carbocycles. The summed E-state index contributed by atoms with van der Waals surface area (Å²) in [5.74, 6) is -2.84. The molecule has 0 bridgehead atoms. The quantitative estimate of drug-likeness (QED) is 0.687. The van der Waals surface area contributed by atoms with E-state index in [1.54, 1.807) is 6.07 Å². The molecule has 0 fully saturated rings. The number of aryl methyl sites for hydroxylation is 1. The number of nitrogen functional groups attached to an aromatic ring is 1. The van der Waals surface area contributed by atoms with Gasteiger partial charge in [-0.3, -0.25) is 0 Å². The van der Waals surface area contributed by atoms with E-state index in [9.17, 15) is 13.2 Å². The van der Waals surface area contributed by atoms with Crippen LogP contribution < -0.4 is 11.1 Å². The van der Waals surface area contributed by atoms with E-state index < -0.39 is 17.5 Å². The van der Waals surface area contributed by atoms with E-state index in [-0.39, 0.29) is 28.0 Å². The van der Waals surface area contributed by atoms with Gasteiger partial charge in [0.2, 0.25) is 0 Å². The van der Waals surface area contributed by atoms with Crippen molar-refractivity contribution in [1.29, 1.82) is 0 Å². The molecule has 6 heteroatoms. The molecule has 1 heterocycles. The van der Waals surface area contributed by atoms with Gasteiger partial charge in [-0.05, 0) is 30.2 Å². The van der Waals surface area contributed by atoms with Crippen molar-refractivity contribution < 1.29 is 17.6 Å². The number of anilines is 3. The first-order valence-electron chi connectivity index (χ1n) is 6.72. The first-order chi connectivity index (χ1) is 10.5. The van der Waals surface area contributed by atoms with Crippen molar-refractivity contribution in [2.45, 2.75) is 13.3 Å². The zero-order chi connectivity index (χ0) is 15.9. The summed E-state index contributed by atoms with van der Waals surface area (Å²) < 4.78 is 47.2. The Hall–Kier alpha value is -2.63. The van der Waals surface area contributed by atoms with Crippen LogP contribution in [0.15, 0.2) is 34.9 Å². The van der Waals surface area contributed by atoms with Crippen LogP contribution in [0.3, 0.4) is 0 Å². The highest BCUT2D eigenvalue weighted by Crippen LogP contribution is 2.37. The molecule has 3 nitrogen and oxygen atoms in total. The lowest BCUT2D eigenvalue weighted by molar-refractivity contribution is 0.518. The first-order valence-corrected chi connectivity index (χ1v) is 6.72. The Morgan fingerprint density at radius 2 is 1.91 bits per heavy atom. The maximum Gasteiger partial charge on any atom is 0.185 e. The van der Waals surface area contributed by atoms with Crippen LogP contribution in [0, 0.1) is 17.5 Å². The Morgan fingerprint density at radius 1 is 1.14 bits per heavy atom. The van der Waals surface area contributed by atoms with Crippen LogP contribution in [0.2, 0.25) is 0 Å². The summed E-state index contributed by atoms with van der Waals surface area (Å²) in [6.45, 7) is 1.89. The van der Waals surface area contributed by atoms with Crippen molar-refractivity contribution in [3.8, 4) is 0 Å². The second kappa shape index (κ2) is 5.29. The predicted molar refractivity (Wildman–Crippen MR) is 79.6 cm³/mol. The van der Waals surface area contributed by atoms with E-state index in [4.69, 9.17) is 10.2 Å². The maximum absolute atomic E-state index is 14.2. The van der Waals surface area contributed by atoms with Gasteiger partial charge in [0.05, 0.1) is 17.3 Å². The smallest absolute Gasteiger partial charge is 0.185 e. The summed E-state index contributed by atoms with van der Waals surface area (Å²) in [4.78, 5) is 0. The van der Waals surface area contributed by atoms with Crippen molar-refractivity contribution in [2.75, 3.05) is 11.1 Å². The maximum atomic E-state index is 14.2. The van der Waals surface area contributed by atoms with Crippen LogP contribution >= 0.6 is 0 Å². The second-order valence-corrected chi connectivity index (χ2v) is 4.87. The molecule has 0 atom stereocenters. The molecule has 2 aromatic carbocycles. The summed E-state index contributed by atoms with van der Waals surface area (Å²) in [7, 11) is 0. The van der Waals surface area contributed by atoms with Crippen LogP contribution in [-0.2, 0) is 6.42 Å². The molecule has 0 amide bonds. The van der Waals surface area contributed by atoms with Gasteiger partial charge in [-0.1, -0.05) is 13.0 Å². The third kappa shape index (κ3) is 2.16. The van der Waals surface area contributed by atoms with Crippen molar-refractivity contribution in [1.82, 2.24) is 0 Å². The molecular weight excluding hydrogens is 293 g/mol. The highest BCUT2D eigenvalue weighted by atomic mass is 19.2. The van der Waals surface area contributed by atoms with Gasteiger partial charge in [0, 0.05) is 0 Å². The number of hydrogen-bond acceptors (Lipinski definition) is 3. The topological polar surface area (TPSA) is 51.2 Å². The number of nitrogens with one attached hydrogen (secondary N) is 1. The molecular formula is C16H13F3N2O. The van der Waals surface area contributed by atoms with Crippen LogP contribution in [-0.4, -0.2) is 0 Å². The summed E-state index contributed by atoms with van der Waals surface area (Å²) in [6, 6.07) is 5.77. The van der Waals surface area contributed by atoms with Crippen LogP contribution in [0.25, 0.3) is 11.0 Å².